The first-order chi connectivity index (χ1) is 17.3. The fraction of sp³-hybridized carbons (Fsp3) is 0.0690. The van der Waals surface area contributed by atoms with Crippen LogP contribution in [0.25, 0.3) is 33.2 Å². The number of alkyl halides is 3. The van der Waals surface area contributed by atoms with Gasteiger partial charge in [-0.05, 0) is 47.5 Å². The predicted octanol–water partition coefficient (Wildman–Crippen LogP) is 8.44. The van der Waals surface area contributed by atoms with Crippen LogP contribution in [-0.2, 0) is 12.8 Å². The molecule has 1 heterocycles. The first-order valence-corrected chi connectivity index (χ1v) is 11.0. The molecule has 5 aromatic rings. The Bertz CT molecular complexity index is 1550. The molecule has 0 aliphatic carbocycles. The molecule has 0 saturated heterocycles. The number of hydrogen-bond acceptors (Lipinski definition) is 2. The van der Waals surface area contributed by atoms with Gasteiger partial charge in [-0.1, -0.05) is 54.6 Å². The molecular weight excluding hydrogens is 473 g/mol. The SMILES string of the molecule is Fc1ccc(F)c(COc2cccc(-c3c(-c4ccccc4)cnc4c(C(F)(F)F)cccc34)c2)c1. The largest absolute Gasteiger partial charge is 0.489 e. The number of halogens is 5. The lowest BCUT2D eigenvalue weighted by Crippen LogP contribution is -2.07. The number of fused-ring (bicyclic) bond motifs is 1. The lowest BCUT2D eigenvalue weighted by atomic mass is 9.91. The number of benzene rings is 4. The van der Waals surface area contributed by atoms with Gasteiger partial charge in [-0.2, -0.15) is 13.2 Å². The van der Waals surface area contributed by atoms with Crippen molar-refractivity contribution in [1.82, 2.24) is 4.98 Å². The minimum absolute atomic E-state index is 0.0505. The smallest absolute Gasteiger partial charge is 0.418 e. The second-order valence-electron chi connectivity index (χ2n) is 8.16. The highest BCUT2D eigenvalue weighted by atomic mass is 19.4. The van der Waals surface area contributed by atoms with E-state index < -0.39 is 23.4 Å². The molecule has 0 spiro atoms. The minimum atomic E-state index is -4.57. The van der Waals surface area contributed by atoms with E-state index >= 15 is 0 Å². The van der Waals surface area contributed by atoms with E-state index in [1.165, 1.54) is 12.3 Å². The lowest BCUT2D eigenvalue weighted by molar-refractivity contribution is -0.136. The fourth-order valence-electron chi connectivity index (χ4n) is 4.16. The summed E-state index contributed by atoms with van der Waals surface area (Å²) in [6.45, 7) is -0.214. The van der Waals surface area contributed by atoms with Crippen LogP contribution < -0.4 is 4.74 Å². The van der Waals surface area contributed by atoms with Gasteiger partial charge in [-0.3, -0.25) is 4.98 Å². The molecule has 0 atom stereocenters. The van der Waals surface area contributed by atoms with E-state index in [1.807, 2.05) is 30.3 Å². The maximum absolute atomic E-state index is 14.0. The minimum Gasteiger partial charge on any atom is -0.489 e. The number of ether oxygens (including phenoxy) is 1. The molecular formula is C29H18F5NO. The van der Waals surface area contributed by atoms with Gasteiger partial charge in [-0.25, -0.2) is 8.78 Å². The summed E-state index contributed by atoms with van der Waals surface area (Å²) < 4.78 is 74.5. The Morgan fingerprint density at radius 3 is 2.28 bits per heavy atom. The van der Waals surface area contributed by atoms with E-state index in [0.717, 1.165) is 29.8 Å². The predicted molar refractivity (Wildman–Crippen MR) is 128 cm³/mol. The zero-order valence-corrected chi connectivity index (χ0v) is 18.7. The van der Waals surface area contributed by atoms with Gasteiger partial charge in [0.15, 0.2) is 0 Å². The first-order valence-electron chi connectivity index (χ1n) is 11.0. The van der Waals surface area contributed by atoms with Gasteiger partial charge in [0, 0.05) is 28.3 Å². The van der Waals surface area contributed by atoms with Crippen molar-refractivity contribution in [3.8, 4) is 28.0 Å². The molecule has 0 radical (unpaired) electrons. The van der Waals surface area contributed by atoms with Crippen LogP contribution >= 0.6 is 0 Å². The Labute approximate surface area is 203 Å². The van der Waals surface area contributed by atoms with Crippen molar-refractivity contribution in [2.75, 3.05) is 0 Å². The van der Waals surface area contributed by atoms with Gasteiger partial charge < -0.3 is 4.74 Å². The van der Waals surface area contributed by atoms with E-state index in [9.17, 15) is 22.0 Å². The van der Waals surface area contributed by atoms with Crippen molar-refractivity contribution in [2.24, 2.45) is 0 Å². The highest BCUT2D eigenvalue weighted by Crippen LogP contribution is 2.42. The zero-order chi connectivity index (χ0) is 25.3. The van der Waals surface area contributed by atoms with Gasteiger partial charge in [0.1, 0.15) is 24.0 Å². The van der Waals surface area contributed by atoms with Crippen LogP contribution in [0.1, 0.15) is 11.1 Å². The molecule has 36 heavy (non-hydrogen) atoms. The second kappa shape index (κ2) is 9.41. The second-order valence-corrected chi connectivity index (χ2v) is 8.16. The molecule has 5 rings (SSSR count). The van der Waals surface area contributed by atoms with Crippen LogP contribution in [-0.4, -0.2) is 4.98 Å². The molecule has 1 aromatic heterocycles. The van der Waals surface area contributed by atoms with Gasteiger partial charge in [0.05, 0.1) is 11.1 Å². The third-order valence-electron chi connectivity index (χ3n) is 5.81. The van der Waals surface area contributed by atoms with Gasteiger partial charge in [-0.15, -0.1) is 0 Å². The standard InChI is InChI=1S/C29H18F5NO/c30-21-12-13-26(31)20(14-21)17-36-22-9-4-8-19(15-22)27-23-10-5-11-25(29(32,33)34)28(23)35-16-24(27)18-6-2-1-3-7-18/h1-16H,17H2. The first kappa shape index (κ1) is 23.5. The summed E-state index contributed by atoms with van der Waals surface area (Å²) in [4.78, 5) is 4.20. The van der Waals surface area contributed by atoms with Crippen molar-refractivity contribution < 1.29 is 26.7 Å². The topological polar surface area (TPSA) is 22.1 Å². The number of para-hydroxylation sites is 1. The van der Waals surface area contributed by atoms with E-state index in [-0.39, 0.29) is 17.7 Å². The Balaban J connectivity index is 1.64. The summed E-state index contributed by atoms with van der Waals surface area (Å²) >= 11 is 0. The third kappa shape index (κ3) is 4.64. The Morgan fingerprint density at radius 1 is 0.750 bits per heavy atom. The maximum Gasteiger partial charge on any atom is 0.418 e. The molecule has 0 amide bonds. The summed E-state index contributed by atoms with van der Waals surface area (Å²) in [5.74, 6) is -0.828. The number of pyridine rings is 1. The molecule has 0 aliphatic rings. The van der Waals surface area contributed by atoms with Crippen molar-refractivity contribution in [3.63, 3.8) is 0 Å². The molecule has 180 valence electrons. The van der Waals surface area contributed by atoms with Crippen LogP contribution in [0.4, 0.5) is 22.0 Å². The summed E-state index contributed by atoms with van der Waals surface area (Å²) in [6, 6.07) is 23.1. The quantitative estimate of drug-likeness (QED) is 0.230. The average Bonchev–Trinajstić information content (AvgIpc) is 2.88. The van der Waals surface area contributed by atoms with Crippen molar-refractivity contribution in [3.05, 3.63) is 120 Å². The molecule has 0 bridgehead atoms. The molecule has 7 heteroatoms. The van der Waals surface area contributed by atoms with Crippen LogP contribution in [0, 0.1) is 11.6 Å². The Kier molecular flexibility index (Phi) is 6.14. The summed E-state index contributed by atoms with van der Waals surface area (Å²) in [5.41, 5.74) is 1.65. The van der Waals surface area contributed by atoms with E-state index in [0.29, 0.717) is 27.8 Å². The summed E-state index contributed by atoms with van der Waals surface area (Å²) in [7, 11) is 0. The number of nitrogens with zero attached hydrogens (tertiary/aromatic N) is 1. The molecule has 0 N–H and O–H groups in total. The van der Waals surface area contributed by atoms with Crippen LogP contribution in [0.3, 0.4) is 0 Å². The van der Waals surface area contributed by atoms with E-state index in [1.54, 1.807) is 30.3 Å². The molecule has 4 aromatic carbocycles. The fourth-order valence-corrected chi connectivity index (χ4v) is 4.16. The number of aromatic nitrogens is 1. The number of rotatable bonds is 5. The average molecular weight is 491 g/mol. The number of hydrogen-bond donors (Lipinski definition) is 0. The van der Waals surface area contributed by atoms with Gasteiger partial charge in [0.2, 0.25) is 0 Å². The highest BCUT2D eigenvalue weighted by molar-refractivity contribution is 6.03. The lowest BCUT2D eigenvalue weighted by Gasteiger charge is -2.17. The van der Waals surface area contributed by atoms with E-state index in [4.69, 9.17) is 4.74 Å². The Hall–Kier alpha value is -4.26. The molecule has 0 fully saturated rings. The van der Waals surface area contributed by atoms with Crippen molar-refractivity contribution in [1.29, 1.82) is 0 Å². The highest BCUT2D eigenvalue weighted by Gasteiger charge is 2.33. The van der Waals surface area contributed by atoms with Crippen LogP contribution in [0.15, 0.2) is 97.2 Å². The molecule has 0 aliphatic heterocycles. The van der Waals surface area contributed by atoms with Gasteiger partial charge in [0.25, 0.3) is 0 Å². The molecule has 0 saturated carbocycles. The van der Waals surface area contributed by atoms with Crippen LogP contribution in [0.5, 0.6) is 5.75 Å². The van der Waals surface area contributed by atoms with Crippen LogP contribution in [0.2, 0.25) is 0 Å². The monoisotopic (exact) mass is 491 g/mol. The normalized spacial score (nSPS) is 11.6. The zero-order valence-electron chi connectivity index (χ0n) is 18.7. The Morgan fingerprint density at radius 2 is 1.50 bits per heavy atom. The van der Waals surface area contributed by atoms with Crippen molar-refractivity contribution in [2.45, 2.75) is 12.8 Å². The van der Waals surface area contributed by atoms with E-state index in [2.05, 4.69) is 4.98 Å². The van der Waals surface area contributed by atoms with Gasteiger partial charge >= 0.3 is 6.18 Å². The molecule has 2 nitrogen and oxygen atoms in total. The third-order valence-corrected chi connectivity index (χ3v) is 5.81. The summed E-state index contributed by atoms with van der Waals surface area (Å²) in [5, 5.41) is 0.333. The van der Waals surface area contributed by atoms with Crippen molar-refractivity contribution >= 4 is 10.9 Å². The maximum atomic E-state index is 14.0. The summed E-state index contributed by atoms with van der Waals surface area (Å²) in [6.07, 6.45) is -3.13. The molecule has 0 unspecified atom stereocenters.